The van der Waals surface area contributed by atoms with E-state index in [0.29, 0.717) is 11.1 Å². The average molecular weight is 369 g/mol. The summed E-state index contributed by atoms with van der Waals surface area (Å²) in [5.41, 5.74) is 3.77. The lowest BCUT2D eigenvalue weighted by molar-refractivity contribution is -0.0543. The van der Waals surface area contributed by atoms with Gasteiger partial charge in [-0.3, -0.25) is 0 Å². The molecule has 3 rings (SSSR count). The van der Waals surface area contributed by atoms with Crippen LogP contribution >= 0.6 is 0 Å². The number of hydrogen-bond acceptors (Lipinski definition) is 6. The molecule has 10 heteroatoms. The Morgan fingerprint density at radius 1 is 1.04 bits per heavy atom. The highest BCUT2D eigenvalue weighted by Gasteiger charge is 2.12. The SMILES string of the molecule is FC(F)Oc1ccc(C=NNc2nc3ccccc3o2)c(OC(F)F)c1. The van der Waals surface area contributed by atoms with Crippen LogP contribution in [-0.4, -0.2) is 24.4 Å². The molecule has 0 aliphatic carbocycles. The van der Waals surface area contributed by atoms with E-state index in [2.05, 4.69) is 25.0 Å². The number of aromatic nitrogens is 1. The van der Waals surface area contributed by atoms with Crippen LogP contribution in [0.15, 0.2) is 52.0 Å². The van der Waals surface area contributed by atoms with Gasteiger partial charge in [0.25, 0.3) is 0 Å². The zero-order chi connectivity index (χ0) is 18.5. The first-order chi connectivity index (χ1) is 12.5. The Bertz CT molecular complexity index is 882. The van der Waals surface area contributed by atoms with E-state index >= 15 is 0 Å². The van der Waals surface area contributed by atoms with E-state index in [1.807, 2.05) is 0 Å². The number of benzene rings is 2. The number of hydrazone groups is 1. The predicted octanol–water partition coefficient (Wildman–Crippen LogP) is 4.48. The van der Waals surface area contributed by atoms with Crippen molar-refractivity contribution in [1.29, 1.82) is 0 Å². The standard InChI is InChI=1S/C16H11F4N3O3/c17-14(18)24-10-6-5-9(13(7-10)25-15(19)20)8-21-23-16-22-11-3-1-2-4-12(11)26-16/h1-8,14-15H,(H,22,23). The Morgan fingerprint density at radius 3 is 2.54 bits per heavy atom. The fraction of sp³-hybridized carbons (Fsp3) is 0.125. The van der Waals surface area contributed by atoms with E-state index in [1.165, 1.54) is 12.1 Å². The maximum Gasteiger partial charge on any atom is 0.387 e. The van der Waals surface area contributed by atoms with Crippen molar-refractivity contribution in [2.24, 2.45) is 5.10 Å². The lowest BCUT2D eigenvalue weighted by Crippen LogP contribution is -2.07. The Hall–Kier alpha value is -3.30. The third kappa shape index (κ3) is 4.41. The summed E-state index contributed by atoms with van der Waals surface area (Å²) in [6.45, 7) is -6.23. The zero-order valence-electron chi connectivity index (χ0n) is 12.9. The van der Waals surface area contributed by atoms with Gasteiger partial charge < -0.3 is 13.9 Å². The number of oxazole rings is 1. The monoisotopic (exact) mass is 369 g/mol. The van der Waals surface area contributed by atoms with Crippen molar-refractivity contribution >= 4 is 23.3 Å². The lowest BCUT2D eigenvalue weighted by Gasteiger charge is -2.10. The van der Waals surface area contributed by atoms with Crippen LogP contribution in [0.3, 0.4) is 0 Å². The normalized spacial score (nSPS) is 11.6. The Morgan fingerprint density at radius 2 is 1.81 bits per heavy atom. The highest BCUT2D eigenvalue weighted by atomic mass is 19.3. The largest absolute Gasteiger partial charge is 0.435 e. The van der Waals surface area contributed by atoms with Crippen molar-refractivity contribution < 1.29 is 31.5 Å². The van der Waals surface area contributed by atoms with Crippen LogP contribution in [0.1, 0.15) is 5.56 Å². The lowest BCUT2D eigenvalue weighted by atomic mass is 10.2. The predicted molar refractivity (Wildman–Crippen MR) is 84.9 cm³/mol. The molecule has 0 radical (unpaired) electrons. The van der Waals surface area contributed by atoms with Gasteiger partial charge in [0, 0.05) is 11.6 Å². The van der Waals surface area contributed by atoms with Crippen molar-refractivity contribution in [3.8, 4) is 11.5 Å². The van der Waals surface area contributed by atoms with Gasteiger partial charge in [0.1, 0.15) is 17.0 Å². The molecule has 0 saturated carbocycles. The third-order valence-corrected chi connectivity index (χ3v) is 3.08. The first kappa shape index (κ1) is 17.5. The molecule has 0 bridgehead atoms. The van der Waals surface area contributed by atoms with Gasteiger partial charge in [-0.15, -0.1) is 0 Å². The Kier molecular flexibility index (Phi) is 5.20. The molecule has 26 heavy (non-hydrogen) atoms. The van der Waals surface area contributed by atoms with Gasteiger partial charge in [0.2, 0.25) is 0 Å². The third-order valence-electron chi connectivity index (χ3n) is 3.08. The number of nitrogens with one attached hydrogen (secondary N) is 1. The van der Waals surface area contributed by atoms with Gasteiger partial charge in [0.05, 0.1) is 6.21 Å². The second kappa shape index (κ2) is 7.72. The molecule has 2 aromatic carbocycles. The minimum atomic E-state index is -3.14. The summed E-state index contributed by atoms with van der Waals surface area (Å²) in [6, 6.07) is 10.4. The number of alkyl halides is 4. The quantitative estimate of drug-likeness (QED) is 0.378. The Balaban J connectivity index is 1.77. The fourth-order valence-electron chi connectivity index (χ4n) is 2.07. The molecular formula is C16H11F4N3O3. The van der Waals surface area contributed by atoms with Gasteiger partial charge in [-0.05, 0) is 24.3 Å². The molecule has 0 amide bonds. The van der Waals surface area contributed by atoms with E-state index < -0.39 is 13.2 Å². The molecule has 0 fully saturated rings. The van der Waals surface area contributed by atoms with Crippen LogP contribution in [0.2, 0.25) is 0 Å². The number of halogens is 4. The molecule has 0 spiro atoms. The van der Waals surface area contributed by atoms with Gasteiger partial charge in [0.15, 0.2) is 5.58 Å². The number of anilines is 1. The first-order valence-corrected chi connectivity index (χ1v) is 7.19. The molecule has 1 aromatic heterocycles. The Labute approximate surface area is 144 Å². The molecule has 0 atom stereocenters. The molecule has 0 aliphatic heterocycles. The summed E-state index contributed by atoms with van der Waals surface area (Å²) in [5, 5.41) is 3.82. The highest BCUT2D eigenvalue weighted by Crippen LogP contribution is 2.26. The summed E-state index contributed by atoms with van der Waals surface area (Å²) < 4.78 is 63.3. The molecular weight excluding hydrogens is 358 g/mol. The zero-order valence-corrected chi connectivity index (χ0v) is 12.9. The van der Waals surface area contributed by atoms with E-state index in [-0.39, 0.29) is 23.1 Å². The van der Waals surface area contributed by atoms with E-state index in [1.54, 1.807) is 24.3 Å². The molecule has 136 valence electrons. The number of ether oxygens (including phenoxy) is 2. The number of fused-ring (bicyclic) bond motifs is 1. The number of para-hydroxylation sites is 2. The molecule has 6 nitrogen and oxygen atoms in total. The van der Waals surface area contributed by atoms with Crippen molar-refractivity contribution in [3.05, 3.63) is 48.0 Å². The van der Waals surface area contributed by atoms with E-state index in [9.17, 15) is 17.6 Å². The summed E-state index contributed by atoms with van der Waals surface area (Å²) in [7, 11) is 0. The molecule has 0 aliphatic rings. The first-order valence-electron chi connectivity index (χ1n) is 7.19. The molecule has 1 N–H and O–H groups in total. The molecule has 0 unspecified atom stereocenters. The van der Waals surface area contributed by atoms with Crippen molar-refractivity contribution in [2.75, 3.05) is 5.43 Å². The van der Waals surface area contributed by atoms with Crippen LogP contribution in [0.4, 0.5) is 23.6 Å². The van der Waals surface area contributed by atoms with Gasteiger partial charge in [-0.2, -0.15) is 27.6 Å². The maximum atomic E-state index is 12.5. The number of nitrogens with zero attached hydrogens (tertiary/aromatic N) is 2. The van der Waals surface area contributed by atoms with E-state index in [0.717, 1.165) is 12.3 Å². The maximum absolute atomic E-state index is 12.5. The second-order valence-electron chi connectivity index (χ2n) is 4.81. The molecule has 3 aromatic rings. The summed E-state index contributed by atoms with van der Waals surface area (Å²) in [6.07, 6.45) is 1.15. The minimum Gasteiger partial charge on any atom is -0.435 e. The smallest absolute Gasteiger partial charge is 0.387 e. The van der Waals surface area contributed by atoms with Crippen molar-refractivity contribution in [2.45, 2.75) is 13.2 Å². The second-order valence-corrected chi connectivity index (χ2v) is 4.81. The van der Waals surface area contributed by atoms with E-state index in [4.69, 9.17) is 4.42 Å². The van der Waals surface area contributed by atoms with Gasteiger partial charge >= 0.3 is 19.2 Å². The van der Waals surface area contributed by atoms with Gasteiger partial charge in [-0.25, -0.2) is 5.43 Å². The van der Waals surface area contributed by atoms with Crippen LogP contribution < -0.4 is 14.9 Å². The summed E-state index contributed by atoms with van der Waals surface area (Å²) in [5.74, 6) is -0.694. The van der Waals surface area contributed by atoms with Crippen LogP contribution in [0.5, 0.6) is 11.5 Å². The highest BCUT2D eigenvalue weighted by molar-refractivity contribution is 5.84. The molecule has 0 saturated heterocycles. The van der Waals surface area contributed by atoms with Crippen molar-refractivity contribution in [3.63, 3.8) is 0 Å². The molecule has 1 heterocycles. The van der Waals surface area contributed by atoms with Gasteiger partial charge in [-0.1, -0.05) is 12.1 Å². The summed E-state index contributed by atoms with van der Waals surface area (Å²) >= 11 is 0. The topological polar surface area (TPSA) is 68.9 Å². The van der Waals surface area contributed by atoms with Crippen LogP contribution in [0, 0.1) is 0 Å². The van der Waals surface area contributed by atoms with Crippen molar-refractivity contribution in [1.82, 2.24) is 4.98 Å². The average Bonchev–Trinajstić information content (AvgIpc) is 2.98. The summed E-state index contributed by atoms with van der Waals surface area (Å²) in [4.78, 5) is 4.12. The number of rotatable bonds is 7. The van der Waals surface area contributed by atoms with Crippen LogP contribution in [-0.2, 0) is 0 Å². The van der Waals surface area contributed by atoms with Crippen LogP contribution in [0.25, 0.3) is 11.1 Å². The fourth-order valence-corrected chi connectivity index (χ4v) is 2.07. The number of hydrogen-bond donors (Lipinski definition) is 1. The minimum absolute atomic E-state index is 0.0939.